The van der Waals surface area contributed by atoms with Gasteiger partial charge in [-0.05, 0) is 50.2 Å². The van der Waals surface area contributed by atoms with Gasteiger partial charge in [-0.3, -0.25) is 4.79 Å². The highest BCUT2D eigenvalue weighted by atomic mass is 19.4. The number of anilines is 2. The molecule has 1 aliphatic carbocycles. The fraction of sp³-hybridized carbons (Fsp3) is 0.545. The van der Waals surface area contributed by atoms with Crippen LogP contribution in [0, 0.1) is 18.8 Å². The average Bonchev–Trinajstić information content (AvgIpc) is 2.70. The number of aromatic nitrogens is 3. The van der Waals surface area contributed by atoms with Crippen LogP contribution in [0.2, 0.25) is 0 Å². The summed E-state index contributed by atoms with van der Waals surface area (Å²) in [7, 11) is 1.88. The molecule has 4 rings (SSSR count). The standard InChI is InChI=1S/C22H26F3N5O2/c1-4-16-21(31)29-19-12(2)27-18(28-20(19)30(16)3)9-13-7-14(8-13)11-32-15-5-6-17(26-10-15)22(23,24)25/h5-6,10,13-14,16H,4,7-9,11H2,1-3H3,(H,29,31)/t13?,14?,16-/m0/s1. The van der Waals surface area contributed by atoms with E-state index in [1.54, 1.807) is 0 Å². The molecule has 10 heteroatoms. The predicted octanol–water partition coefficient (Wildman–Crippen LogP) is 4.01. The highest BCUT2D eigenvalue weighted by molar-refractivity contribution is 6.03. The number of aryl methyl sites for hydroxylation is 1. The first-order valence-electron chi connectivity index (χ1n) is 10.7. The van der Waals surface area contributed by atoms with E-state index in [-0.39, 0.29) is 11.9 Å². The number of carbonyl (C=O) groups is 1. The van der Waals surface area contributed by atoms with Gasteiger partial charge in [0, 0.05) is 13.5 Å². The molecule has 0 unspecified atom stereocenters. The second-order valence-corrected chi connectivity index (χ2v) is 8.54. The minimum absolute atomic E-state index is 0.0352. The summed E-state index contributed by atoms with van der Waals surface area (Å²) in [6.07, 6.45) is -0.0182. The van der Waals surface area contributed by atoms with Crippen molar-refractivity contribution < 1.29 is 22.7 Å². The average molecular weight is 449 g/mol. The van der Waals surface area contributed by atoms with Crippen molar-refractivity contribution in [3.63, 3.8) is 0 Å². The van der Waals surface area contributed by atoms with Crippen molar-refractivity contribution in [2.45, 2.75) is 51.7 Å². The fourth-order valence-electron chi connectivity index (χ4n) is 4.38. The van der Waals surface area contributed by atoms with E-state index < -0.39 is 11.9 Å². The van der Waals surface area contributed by atoms with Gasteiger partial charge in [0.25, 0.3) is 0 Å². The fourth-order valence-corrected chi connectivity index (χ4v) is 4.38. The molecule has 2 aromatic heterocycles. The minimum Gasteiger partial charge on any atom is -0.492 e. The van der Waals surface area contributed by atoms with E-state index in [4.69, 9.17) is 9.72 Å². The Kier molecular flexibility index (Phi) is 5.96. The van der Waals surface area contributed by atoms with Crippen molar-refractivity contribution in [3.05, 3.63) is 35.5 Å². The lowest BCUT2D eigenvalue weighted by molar-refractivity contribution is -0.141. The van der Waals surface area contributed by atoms with Gasteiger partial charge in [-0.15, -0.1) is 0 Å². The van der Waals surface area contributed by atoms with Crippen molar-refractivity contribution in [2.24, 2.45) is 11.8 Å². The van der Waals surface area contributed by atoms with Crippen LogP contribution in [0.1, 0.15) is 43.4 Å². The van der Waals surface area contributed by atoms with Crippen LogP contribution in [0.5, 0.6) is 5.75 Å². The number of pyridine rings is 1. The summed E-state index contributed by atoms with van der Waals surface area (Å²) in [4.78, 5) is 26.9. The van der Waals surface area contributed by atoms with Gasteiger partial charge in [0.1, 0.15) is 29.0 Å². The highest BCUT2D eigenvalue weighted by Gasteiger charge is 2.35. The van der Waals surface area contributed by atoms with Gasteiger partial charge in [0.2, 0.25) is 5.91 Å². The van der Waals surface area contributed by atoms with E-state index in [0.29, 0.717) is 36.3 Å². The summed E-state index contributed by atoms with van der Waals surface area (Å²) in [5.74, 6) is 2.59. The van der Waals surface area contributed by atoms with Crippen LogP contribution in [-0.2, 0) is 17.4 Å². The minimum atomic E-state index is -4.45. The van der Waals surface area contributed by atoms with Gasteiger partial charge in [0.05, 0.1) is 18.5 Å². The summed E-state index contributed by atoms with van der Waals surface area (Å²) in [5.41, 5.74) is 0.508. The van der Waals surface area contributed by atoms with Gasteiger partial charge in [-0.1, -0.05) is 6.92 Å². The first-order chi connectivity index (χ1) is 15.2. The lowest BCUT2D eigenvalue weighted by atomic mass is 9.73. The van der Waals surface area contributed by atoms with E-state index in [1.165, 1.54) is 6.07 Å². The van der Waals surface area contributed by atoms with Crippen molar-refractivity contribution in [1.29, 1.82) is 0 Å². The van der Waals surface area contributed by atoms with Crippen LogP contribution in [0.3, 0.4) is 0 Å². The third kappa shape index (κ3) is 4.49. The Morgan fingerprint density at radius 3 is 2.59 bits per heavy atom. The molecule has 1 N–H and O–H groups in total. The number of likely N-dealkylation sites (N-methyl/N-ethyl adjacent to an activating group) is 1. The normalized spacial score (nSPS) is 22.8. The first-order valence-corrected chi connectivity index (χ1v) is 10.7. The third-order valence-corrected chi connectivity index (χ3v) is 6.17. The zero-order valence-corrected chi connectivity index (χ0v) is 18.2. The Bertz CT molecular complexity index is 990. The maximum atomic E-state index is 12.6. The van der Waals surface area contributed by atoms with Gasteiger partial charge < -0.3 is 15.0 Å². The SMILES string of the molecule is CC[C@H]1C(=O)Nc2c(C)nc(CC3CC(COc4ccc(C(F)(F)F)nc4)C3)nc2N1C. The smallest absolute Gasteiger partial charge is 0.433 e. The summed E-state index contributed by atoms with van der Waals surface area (Å²) >= 11 is 0. The number of rotatable bonds is 6. The number of hydrogen-bond acceptors (Lipinski definition) is 6. The molecule has 172 valence electrons. The highest BCUT2D eigenvalue weighted by Crippen LogP contribution is 2.38. The summed E-state index contributed by atoms with van der Waals surface area (Å²) in [6.45, 7) is 4.29. The summed E-state index contributed by atoms with van der Waals surface area (Å²) < 4.78 is 43.3. The van der Waals surface area contributed by atoms with Crippen LogP contribution < -0.4 is 15.0 Å². The number of nitrogens with one attached hydrogen (secondary N) is 1. The lowest BCUT2D eigenvalue weighted by Crippen LogP contribution is -2.46. The number of ether oxygens (including phenoxy) is 1. The Morgan fingerprint density at radius 1 is 1.22 bits per heavy atom. The Balaban J connectivity index is 1.31. The van der Waals surface area contributed by atoms with Crippen molar-refractivity contribution >= 4 is 17.4 Å². The molecular weight excluding hydrogens is 423 g/mol. The number of carbonyl (C=O) groups excluding carboxylic acids is 1. The topological polar surface area (TPSA) is 80.2 Å². The Morgan fingerprint density at radius 2 is 1.97 bits per heavy atom. The largest absolute Gasteiger partial charge is 0.492 e. The van der Waals surface area contributed by atoms with Gasteiger partial charge in [-0.25, -0.2) is 15.0 Å². The maximum Gasteiger partial charge on any atom is 0.433 e. The van der Waals surface area contributed by atoms with Crippen LogP contribution in [0.4, 0.5) is 24.7 Å². The molecular formula is C22H26F3N5O2. The Hall–Kier alpha value is -2.91. The number of amides is 1. The lowest BCUT2D eigenvalue weighted by Gasteiger charge is -2.36. The van der Waals surface area contributed by atoms with Crippen molar-refractivity contribution in [2.75, 3.05) is 23.9 Å². The molecule has 32 heavy (non-hydrogen) atoms. The second kappa shape index (κ2) is 8.55. The van der Waals surface area contributed by atoms with Gasteiger partial charge in [-0.2, -0.15) is 13.2 Å². The second-order valence-electron chi connectivity index (χ2n) is 8.54. The number of halogens is 3. The number of nitrogens with zero attached hydrogens (tertiary/aromatic N) is 4. The molecule has 1 fully saturated rings. The maximum absolute atomic E-state index is 12.6. The quantitative estimate of drug-likeness (QED) is 0.718. The zero-order chi connectivity index (χ0) is 23.0. The molecule has 7 nitrogen and oxygen atoms in total. The molecule has 1 amide bonds. The molecule has 0 aromatic carbocycles. The van der Waals surface area contributed by atoms with Crippen LogP contribution in [-0.4, -0.2) is 40.6 Å². The summed E-state index contributed by atoms with van der Waals surface area (Å²) in [6, 6.07) is 1.99. The third-order valence-electron chi connectivity index (χ3n) is 6.17. The van der Waals surface area contributed by atoms with Crippen molar-refractivity contribution in [1.82, 2.24) is 15.0 Å². The van der Waals surface area contributed by atoms with E-state index in [2.05, 4.69) is 15.3 Å². The number of alkyl halides is 3. The van der Waals surface area contributed by atoms with Gasteiger partial charge >= 0.3 is 6.18 Å². The molecule has 3 heterocycles. The number of hydrogen-bond donors (Lipinski definition) is 1. The molecule has 0 radical (unpaired) electrons. The van der Waals surface area contributed by atoms with Crippen LogP contribution in [0.25, 0.3) is 0 Å². The summed E-state index contributed by atoms with van der Waals surface area (Å²) in [5, 5.41) is 2.93. The molecule has 2 aliphatic rings. The molecule has 1 atom stereocenters. The van der Waals surface area contributed by atoms with E-state index >= 15 is 0 Å². The molecule has 1 aliphatic heterocycles. The number of fused-ring (bicyclic) bond motifs is 1. The van der Waals surface area contributed by atoms with Crippen molar-refractivity contribution in [3.8, 4) is 5.75 Å². The molecule has 0 bridgehead atoms. The van der Waals surface area contributed by atoms with E-state index in [0.717, 1.165) is 48.9 Å². The first kappa shape index (κ1) is 22.3. The molecule has 0 saturated heterocycles. The Labute approximate surface area is 184 Å². The van der Waals surface area contributed by atoms with Crippen LogP contribution in [0.15, 0.2) is 18.3 Å². The monoisotopic (exact) mass is 449 g/mol. The van der Waals surface area contributed by atoms with E-state index in [9.17, 15) is 18.0 Å². The molecule has 1 saturated carbocycles. The van der Waals surface area contributed by atoms with Crippen LogP contribution >= 0.6 is 0 Å². The molecule has 2 aromatic rings. The predicted molar refractivity (Wildman–Crippen MR) is 113 cm³/mol. The van der Waals surface area contributed by atoms with E-state index in [1.807, 2.05) is 25.8 Å². The zero-order valence-electron chi connectivity index (χ0n) is 18.2. The van der Waals surface area contributed by atoms with Gasteiger partial charge in [0.15, 0.2) is 5.82 Å². The molecule has 0 spiro atoms.